The Morgan fingerprint density at radius 1 is 1.25 bits per heavy atom. The summed E-state index contributed by atoms with van der Waals surface area (Å²) in [5.74, 6) is 0. The molecule has 0 aliphatic rings. The molecule has 0 aromatic heterocycles. The summed E-state index contributed by atoms with van der Waals surface area (Å²) in [4.78, 5) is 0. The van der Waals surface area contributed by atoms with Gasteiger partial charge in [0.05, 0.1) is 6.61 Å². The Morgan fingerprint density at radius 2 is 1.75 bits per heavy atom. The van der Waals surface area contributed by atoms with Crippen LogP contribution in [-0.2, 0) is 11.3 Å². The van der Waals surface area contributed by atoms with E-state index in [4.69, 9.17) is 14.8 Å². The zero-order valence-corrected chi connectivity index (χ0v) is 7.10. The van der Waals surface area contributed by atoms with Crippen molar-refractivity contribution in [3.63, 3.8) is 0 Å². The fraction of sp³-hybridized carbons (Fsp3) is 0.250. The van der Waals surface area contributed by atoms with Gasteiger partial charge in [0, 0.05) is 7.11 Å². The largest absolute Gasteiger partial charge is 0.432 e. The number of rotatable bonds is 2. The lowest BCUT2D eigenvalue weighted by Crippen LogP contribution is -1.84. The molecule has 0 fully saturated rings. The molecule has 4 heteroatoms. The Labute approximate surface area is 72.9 Å². The Hall–Kier alpha value is -0.835. The van der Waals surface area contributed by atoms with Gasteiger partial charge in [-0.1, -0.05) is 30.3 Å². The van der Waals surface area contributed by atoms with E-state index < -0.39 is 7.69 Å². The summed E-state index contributed by atoms with van der Waals surface area (Å²) in [7, 11) is 0.951. The highest BCUT2D eigenvalue weighted by Crippen LogP contribution is 1.98. The minimum atomic E-state index is -0.750. The number of ether oxygens (including phenoxy) is 1. The van der Waals surface area contributed by atoms with Crippen LogP contribution < -0.4 is 0 Å². The van der Waals surface area contributed by atoms with Gasteiger partial charge in [0.2, 0.25) is 0 Å². The highest BCUT2D eigenvalue weighted by Gasteiger charge is 1.84. The summed E-state index contributed by atoms with van der Waals surface area (Å²) in [5.41, 5.74) is 1.22. The summed E-state index contributed by atoms with van der Waals surface area (Å²) in [6, 6.07) is 10.1. The highest BCUT2D eigenvalue weighted by molar-refractivity contribution is 6.13. The number of methoxy groups -OCH3 is 1. The Bertz CT molecular complexity index is 179. The van der Waals surface area contributed by atoms with Gasteiger partial charge < -0.3 is 14.8 Å². The molecule has 0 bridgehead atoms. The van der Waals surface area contributed by atoms with E-state index in [-0.39, 0.29) is 0 Å². The van der Waals surface area contributed by atoms with Crippen molar-refractivity contribution in [2.75, 3.05) is 7.11 Å². The molecule has 1 rings (SSSR count). The molecule has 0 radical (unpaired) electrons. The molecule has 0 aliphatic carbocycles. The van der Waals surface area contributed by atoms with Crippen LogP contribution in [-0.4, -0.2) is 24.8 Å². The lowest BCUT2D eigenvalue weighted by Gasteiger charge is -1.95. The molecular weight excluding hydrogens is 155 g/mol. The molecule has 12 heavy (non-hydrogen) atoms. The van der Waals surface area contributed by atoms with Crippen molar-refractivity contribution in [3.8, 4) is 0 Å². The molecule has 2 N–H and O–H groups in total. The van der Waals surface area contributed by atoms with Crippen LogP contribution in [0.25, 0.3) is 0 Å². The van der Waals surface area contributed by atoms with Crippen LogP contribution in [0.3, 0.4) is 0 Å². The van der Waals surface area contributed by atoms with Crippen molar-refractivity contribution in [1.29, 1.82) is 0 Å². The zero-order valence-electron chi connectivity index (χ0n) is 7.10. The lowest BCUT2D eigenvalue weighted by atomic mass is 10.2. The second kappa shape index (κ2) is 8.26. The van der Waals surface area contributed by atoms with Gasteiger partial charge in [-0.05, 0) is 5.56 Å². The van der Waals surface area contributed by atoms with Gasteiger partial charge in [-0.3, -0.25) is 0 Å². The molecule has 0 atom stereocenters. The van der Waals surface area contributed by atoms with Crippen LogP contribution in [0.15, 0.2) is 30.3 Å². The molecule has 1 aromatic carbocycles. The number of hydrogen-bond acceptors (Lipinski definition) is 3. The Morgan fingerprint density at radius 3 is 2.17 bits per heavy atom. The minimum Gasteiger partial charge on any atom is -0.430 e. The van der Waals surface area contributed by atoms with Gasteiger partial charge >= 0.3 is 7.69 Å². The van der Waals surface area contributed by atoms with Gasteiger partial charge in [-0.15, -0.1) is 0 Å². The Balaban J connectivity index is 0.000000354. The van der Waals surface area contributed by atoms with Crippen molar-refractivity contribution in [3.05, 3.63) is 35.9 Å². The average molecular weight is 168 g/mol. The number of hydrogen-bond donors (Lipinski definition) is 2. The third kappa shape index (κ3) is 5.91. The SMILES string of the molecule is COCc1ccccc1.OBO. The van der Waals surface area contributed by atoms with E-state index >= 15 is 0 Å². The lowest BCUT2D eigenvalue weighted by molar-refractivity contribution is 0.185. The van der Waals surface area contributed by atoms with E-state index in [0.29, 0.717) is 6.61 Å². The van der Waals surface area contributed by atoms with Crippen molar-refractivity contribution in [2.45, 2.75) is 6.61 Å². The van der Waals surface area contributed by atoms with Crippen LogP contribution in [0.4, 0.5) is 0 Å². The van der Waals surface area contributed by atoms with Gasteiger partial charge in [-0.25, -0.2) is 0 Å². The first-order valence-corrected chi connectivity index (χ1v) is 3.59. The van der Waals surface area contributed by atoms with Gasteiger partial charge in [0.25, 0.3) is 0 Å². The highest BCUT2D eigenvalue weighted by atomic mass is 16.5. The summed E-state index contributed by atoms with van der Waals surface area (Å²) < 4.78 is 4.93. The van der Waals surface area contributed by atoms with E-state index in [0.717, 1.165) is 0 Å². The maximum atomic E-state index is 7.12. The van der Waals surface area contributed by atoms with E-state index in [1.807, 2.05) is 30.3 Å². The zero-order chi connectivity index (χ0) is 9.23. The van der Waals surface area contributed by atoms with Crippen molar-refractivity contribution in [1.82, 2.24) is 0 Å². The maximum Gasteiger partial charge on any atom is 0.432 e. The predicted octanol–water partition coefficient (Wildman–Crippen LogP) is 0.0705. The van der Waals surface area contributed by atoms with Crippen LogP contribution >= 0.6 is 0 Å². The standard InChI is InChI=1S/C8H10O.BH3O2/c1-9-7-8-5-3-2-4-6-8;2-1-3/h2-6H,7H2,1H3;1-3H. The van der Waals surface area contributed by atoms with Crippen LogP contribution in [0, 0.1) is 0 Å². The molecule has 0 heterocycles. The molecule has 0 saturated heterocycles. The average Bonchev–Trinajstić information content (AvgIpc) is 2.08. The predicted molar refractivity (Wildman–Crippen MR) is 48.7 cm³/mol. The molecule has 66 valence electrons. The van der Waals surface area contributed by atoms with Crippen LogP contribution in [0.2, 0.25) is 0 Å². The Kier molecular flexibility index (Phi) is 7.69. The van der Waals surface area contributed by atoms with E-state index in [1.165, 1.54) is 5.56 Å². The first-order valence-electron chi connectivity index (χ1n) is 3.59. The molecule has 0 amide bonds. The summed E-state index contributed by atoms with van der Waals surface area (Å²) >= 11 is 0. The normalized spacial score (nSPS) is 8.25. The monoisotopic (exact) mass is 168 g/mol. The topological polar surface area (TPSA) is 49.7 Å². The van der Waals surface area contributed by atoms with Gasteiger partial charge in [0.1, 0.15) is 0 Å². The maximum absolute atomic E-state index is 7.12. The van der Waals surface area contributed by atoms with Crippen molar-refractivity contribution >= 4 is 7.69 Å². The smallest absolute Gasteiger partial charge is 0.430 e. The summed E-state index contributed by atoms with van der Waals surface area (Å²) in [5, 5.41) is 14.2. The molecular formula is C8H13BO3. The van der Waals surface area contributed by atoms with Crippen LogP contribution in [0.5, 0.6) is 0 Å². The van der Waals surface area contributed by atoms with Gasteiger partial charge in [0.15, 0.2) is 0 Å². The van der Waals surface area contributed by atoms with E-state index in [9.17, 15) is 0 Å². The molecule has 0 spiro atoms. The van der Waals surface area contributed by atoms with Crippen LogP contribution in [0.1, 0.15) is 5.56 Å². The van der Waals surface area contributed by atoms with Crippen molar-refractivity contribution in [2.24, 2.45) is 0 Å². The molecule has 1 aromatic rings. The second-order valence-corrected chi connectivity index (χ2v) is 2.06. The molecule has 0 saturated carbocycles. The molecule has 0 unspecified atom stereocenters. The van der Waals surface area contributed by atoms with Gasteiger partial charge in [-0.2, -0.15) is 0 Å². The first kappa shape index (κ1) is 11.2. The van der Waals surface area contributed by atoms with E-state index in [2.05, 4.69) is 0 Å². The quantitative estimate of drug-likeness (QED) is 0.614. The summed E-state index contributed by atoms with van der Waals surface area (Å²) in [6.45, 7) is 0.709. The number of benzene rings is 1. The first-order chi connectivity index (χ1) is 5.85. The second-order valence-electron chi connectivity index (χ2n) is 2.06. The summed E-state index contributed by atoms with van der Waals surface area (Å²) in [6.07, 6.45) is 0. The van der Waals surface area contributed by atoms with E-state index in [1.54, 1.807) is 7.11 Å². The molecule has 0 aliphatic heterocycles. The molecule has 3 nitrogen and oxygen atoms in total. The third-order valence-electron chi connectivity index (χ3n) is 1.15. The minimum absolute atomic E-state index is 0.709. The fourth-order valence-corrected chi connectivity index (χ4v) is 0.741. The van der Waals surface area contributed by atoms with Crippen molar-refractivity contribution < 1.29 is 14.8 Å². The fourth-order valence-electron chi connectivity index (χ4n) is 0.741. The third-order valence-corrected chi connectivity index (χ3v) is 1.15.